The molecule has 0 radical (unpaired) electrons. The first kappa shape index (κ1) is 12.1. The summed E-state index contributed by atoms with van der Waals surface area (Å²) in [4.78, 5) is 13.1. The number of fused-ring (bicyclic) bond motifs is 5. The second-order valence-corrected chi connectivity index (χ2v) is 10.8. The van der Waals surface area contributed by atoms with Crippen LogP contribution in [0.1, 0.15) is 42.5 Å². The Morgan fingerprint density at radius 2 is 0.731 bits per heavy atom. The van der Waals surface area contributed by atoms with E-state index < -0.39 is 287 Å². The summed E-state index contributed by atoms with van der Waals surface area (Å²) in [6, 6.07) is -29.0. The lowest BCUT2D eigenvalue weighted by Crippen LogP contribution is -2.00. The minimum atomic E-state index is -1.12. The van der Waals surface area contributed by atoms with Gasteiger partial charge in [-0.25, -0.2) is 15.0 Å². The van der Waals surface area contributed by atoms with Gasteiger partial charge in [-0.3, -0.25) is 0 Å². The van der Waals surface area contributed by atoms with E-state index in [2.05, 4.69) is 15.0 Å². The largest absolute Gasteiger partial charge is 0.208 e. The SMILES string of the molecule is [2H]c1c([2H])c([2H])c(-c2c([2H])c([2H])c3c([2H])c(-c4c([2H])c([2H])c([2H])c(-c5nc(-c6c([2H])c([2H])c7c(c6[2H])c([2H])c([2H])c6c([2H])c([2H])c([2H])c([2H])c67)nc(-c6c([2H])c([2H])c([2H])c7c([2H])c([2H])c([2H])c([2H])c67)n5)c4[2H])c([2H])c([2H])c3c2[2H])c([2H])c1[2H]. The molecule has 0 aliphatic rings. The van der Waals surface area contributed by atoms with Gasteiger partial charge in [0.25, 0.3) is 0 Å². The van der Waals surface area contributed by atoms with Crippen LogP contribution < -0.4 is 0 Å². The lowest BCUT2D eigenvalue weighted by molar-refractivity contribution is 1.08. The number of nitrogens with zero attached hydrogens (tertiary/aromatic N) is 3. The third kappa shape index (κ3) is 5.37. The highest BCUT2D eigenvalue weighted by atomic mass is 15.0. The van der Waals surface area contributed by atoms with Crippen molar-refractivity contribution in [3.05, 3.63) is 187 Å². The molecule has 0 amide bonds. The van der Waals surface area contributed by atoms with Crippen LogP contribution in [0.2, 0.25) is 0 Å². The topological polar surface area (TPSA) is 38.7 Å². The van der Waals surface area contributed by atoms with E-state index in [9.17, 15) is 11.0 Å². The molecule has 3 nitrogen and oxygen atoms in total. The monoisotopic (exact) mass is 692 g/mol. The van der Waals surface area contributed by atoms with Crippen molar-refractivity contribution in [2.45, 2.75) is 0 Å². The quantitative estimate of drug-likeness (QED) is 0.169. The molecule has 0 unspecified atom stereocenters. The summed E-state index contributed by atoms with van der Waals surface area (Å²) in [6.45, 7) is 0. The second kappa shape index (κ2) is 12.4. The van der Waals surface area contributed by atoms with E-state index in [-0.39, 0.29) is 0 Å². The Hall–Kier alpha value is -6.97. The third-order valence-corrected chi connectivity index (χ3v) is 7.68. The summed E-state index contributed by atoms with van der Waals surface area (Å²) in [5.74, 6) is -2.87. The van der Waals surface area contributed by atoms with E-state index in [1.807, 2.05) is 0 Å². The van der Waals surface area contributed by atoms with Crippen LogP contribution in [0.3, 0.4) is 0 Å². The summed E-state index contributed by atoms with van der Waals surface area (Å²) in [7, 11) is 0. The highest BCUT2D eigenvalue weighted by Gasteiger charge is 2.16. The van der Waals surface area contributed by atoms with Crippen LogP contribution in [-0.2, 0) is 0 Å². The first-order valence-corrected chi connectivity index (χ1v) is 15.1. The van der Waals surface area contributed by atoms with Gasteiger partial charge in [-0.2, -0.15) is 0 Å². The zero-order valence-corrected chi connectivity index (χ0v) is 25.8. The van der Waals surface area contributed by atoms with Gasteiger partial charge in [-0.1, -0.05) is 163 Å². The van der Waals surface area contributed by atoms with Gasteiger partial charge in [0.15, 0.2) is 17.5 Å². The fourth-order valence-electron chi connectivity index (χ4n) is 5.29. The fourth-order valence-corrected chi connectivity index (χ4v) is 5.29. The smallest absolute Gasteiger partial charge is 0.164 e. The Bertz CT molecular complexity index is 4720. The van der Waals surface area contributed by atoms with E-state index >= 15 is 0 Å². The molecule has 0 bridgehead atoms. The third-order valence-electron chi connectivity index (χ3n) is 7.68. The molecule has 1 aromatic heterocycles. The maximum Gasteiger partial charge on any atom is 0.164 e. The Morgan fingerprint density at radius 1 is 0.269 bits per heavy atom. The molecular formula is C49H31N3. The molecule has 0 saturated heterocycles. The molecule has 3 heteroatoms. The first-order valence-electron chi connectivity index (χ1n) is 30.6. The van der Waals surface area contributed by atoms with E-state index in [1.165, 1.54) is 0 Å². The van der Waals surface area contributed by atoms with Crippen LogP contribution in [0.5, 0.6) is 0 Å². The molecule has 10 rings (SSSR count). The molecule has 0 aliphatic heterocycles. The van der Waals surface area contributed by atoms with Gasteiger partial charge in [0, 0.05) is 16.7 Å². The molecule has 9 aromatic carbocycles. The predicted molar refractivity (Wildman–Crippen MR) is 217 cm³/mol. The van der Waals surface area contributed by atoms with Gasteiger partial charge in [0.1, 0.15) is 0 Å². The van der Waals surface area contributed by atoms with Gasteiger partial charge in [-0.05, 0) is 89.5 Å². The average Bonchev–Trinajstić information content (AvgIpc) is 1.47. The highest BCUT2D eigenvalue weighted by molar-refractivity contribution is 6.08. The van der Waals surface area contributed by atoms with Crippen molar-refractivity contribution in [2.75, 3.05) is 0 Å². The van der Waals surface area contributed by atoms with Crippen LogP contribution in [0.4, 0.5) is 0 Å². The maximum atomic E-state index is 9.72. The molecular weight excluding hydrogens is 631 g/mol. The second-order valence-electron chi connectivity index (χ2n) is 10.8. The van der Waals surface area contributed by atoms with E-state index in [1.54, 1.807) is 0 Å². The fraction of sp³-hybridized carbons (Fsp3) is 0. The van der Waals surface area contributed by atoms with Gasteiger partial charge < -0.3 is 0 Å². The molecule has 0 atom stereocenters. The summed E-state index contributed by atoms with van der Waals surface area (Å²) in [5, 5.41) is -5.02. The van der Waals surface area contributed by atoms with Crippen molar-refractivity contribution in [3.8, 4) is 56.4 Å². The predicted octanol–water partition coefficient (Wildman–Crippen LogP) is 12.8. The van der Waals surface area contributed by atoms with Crippen molar-refractivity contribution in [1.29, 1.82) is 0 Å². The highest BCUT2D eigenvalue weighted by Crippen LogP contribution is 2.34. The molecule has 0 N–H and O–H groups in total. The van der Waals surface area contributed by atoms with Crippen LogP contribution in [0, 0.1) is 0 Å². The van der Waals surface area contributed by atoms with Crippen molar-refractivity contribution < 1.29 is 42.5 Å². The van der Waals surface area contributed by atoms with Gasteiger partial charge >= 0.3 is 0 Å². The van der Waals surface area contributed by atoms with Crippen molar-refractivity contribution in [3.63, 3.8) is 0 Å². The van der Waals surface area contributed by atoms with Crippen molar-refractivity contribution >= 4 is 43.1 Å². The zero-order chi connectivity index (χ0) is 61.4. The Kier molecular flexibility index (Phi) is 2.88. The van der Waals surface area contributed by atoms with E-state index in [4.69, 9.17) is 31.5 Å². The van der Waals surface area contributed by atoms with E-state index in [0.29, 0.717) is 0 Å². The Balaban J connectivity index is 1.36. The van der Waals surface area contributed by atoms with Crippen molar-refractivity contribution in [2.24, 2.45) is 0 Å². The van der Waals surface area contributed by atoms with Crippen LogP contribution in [0.15, 0.2) is 187 Å². The molecule has 0 aliphatic carbocycles. The lowest BCUT2D eigenvalue weighted by atomic mass is 9.97. The van der Waals surface area contributed by atoms with Gasteiger partial charge in [-0.15, -0.1) is 0 Å². The zero-order valence-electron chi connectivity index (χ0n) is 56.8. The van der Waals surface area contributed by atoms with Crippen molar-refractivity contribution in [1.82, 2.24) is 15.0 Å². The lowest BCUT2D eigenvalue weighted by Gasteiger charge is -2.12. The maximum absolute atomic E-state index is 9.72. The molecule has 0 spiro atoms. The van der Waals surface area contributed by atoms with Crippen LogP contribution >= 0.6 is 0 Å². The molecule has 1 heterocycles. The van der Waals surface area contributed by atoms with Gasteiger partial charge in [0.05, 0.1) is 42.5 Å². The summed E-state index contributed by atoms with van der Waals surface area (Å²) < 4.78 is 275. The van der Waals surface area contributed by atoms with Gasteiger partial charge in [0.2, 0.25) is 0 Å². The normalized spacial score (nSPS) is 19.8. The minimum absolute atomic E-state index is 0.513. The van der Waals surface area contributed by atoms with E-state index in [0.717, 1.165) is 0 Å². The molecule has 10 aromatic rings. The summed E-state index contributed by atoms with van der Waals surface area (Å²) >= 11 is 0. The Morgan fingerprint density at radius 3 is 1.52 bits per heavy atom. The summed E-state index contributed by atoms with van der Waals surface area (Å²) in [5.41, 5.74) is -5.80. The molecule has 0 saturated carbocycles. The average molecular weight is 693 g/mol. The number of hydrogen-bond acceptors (Lipinski definition) is 3. The first-order chi connectivity index (χ1) is 38.7. The summed E-state index contributed by atoms with van der Waals surface area (Å²) in [6.07, 6.45) is 0. The number of hydrogen-bond donors (Lipinski definition) is 0. The van der Waals surface area contributed by atoms with Crippen LogP contribution in [-0.4, -0.2) is 15.0 Å². The molecule has 52 heavy (non-hydrogen) atoms. The number of aromatic nitrogens is 3. The minimum Gasteiger partial charge on any atom is -0.208 e. The number of rotatable bonds is 5. The molecule has 0 fully saturated rings. The standard InChI is InChI=1S/C49H31N3/c1-2-10-32(11-3-1)36-21-22-39-29-37(23-24-38(39)28-36)35-15-8-16-41(30-35)47-50-48(52-49(51-47)46-19-9-14-33-12-4-7-18-44(33)46)42-26-27-45-40(31-42)25-20-34-13-5-6-17-43(34)45/h1-31H/i1D,2D,3D,4D,5D,6D,7D,8D,9D,10D,11D,12D,13D,14D,15D,16D,17D,18D,19D,20D,21D,22D,23D,24D,25D,26D,27D,28D,29D,30D,31D. The molecule has 242 valence electrons. The van der Waals surface area contributed by atoms with Crippen LogP contribution in [0.25, 0.3) is 99.5 Å². The Labute approximate surface area is 345 Å². The number of benzene rings is 9.